The van der Waals surface area contributed by atoms with Gasteiger partial charge in [0.2, 0.25) is 19.3 Å². The van der Waals surface area contributed by atoms with Gasteiger partial charge in [-0.05, 0) is 44.2 Å². The molecule has 3 rings (SSSR count). The summed E-state index contributed by atoms with van der Waals surface area (Å²) in [6, 6.07) is 12.6. The van der Waals surface area contributed by atoms with E-state index < -0.39 is 25.1 Å². The summed E-state index contributed by atoms with van der Waals surface area (Å²) in [7, 11) is 1.44. The minimum Gasteiger partial charge on any atom is -0.454 e. The molecule has 10 heteroatoms. The zero-order chi connectivity index (χ0) is 23.8. The number of esters is 1. The normalized spacial score (nSPS) is 12.2. The second kappa shape index (κ2) is 11.0. The van der Waals surface area contributed by atoms with E-state index in [1.165, 1.54) is 11.9 Å². The smallest absolute Gasteiger partial charge is 0.347 e. The number of anilines is 1. The van der Waals surface area contributed by atoms with E-state index in [1.807, 2.05) is 19.1 Å². The fourth-order valence-corrected chi connectivity index (χ4v) is 2.79. The molecule has 1 N–H and O–H groups in total. The molecule has 1 aliphatic rings. The molecule has 0 bridgehead atoms. The topological polar surface area (TPSA) is 116 Å². The fraction of sp³-hybridized carbons (Fsp3) is 0.304. The lowest BCUT2D eigenvalue weighted by Crippen LogP contribution is -2.37. The number of hydrogen-bond acceptors (Lipinski definition) is 8. The number of rotatable bonds is 9. The quantitative estimate of drug-likeness (QED) is 0.350. The Morgan fingerprint density at radius 3 is 2.55 bits per heavy atom. The number of likely N-dealkylation sites (N-methyl/N-ethyl adjacent to an activating group) is 1. The van der Waals surface area contributed by atoms with E-state index in [0.29, 0.717) is 22.9 Å². The Bertz CT molecular complexity index is 1050. The van der Waals surface area contributed by atoms with Gasteiger partial charge in [0, 0.05) is 18.3 Å². The zero-order valence-corrected chi connectivity index (χ0v) is 18.6. The van der Waals surface area contributed by atoms with Crippen LogP contribution < -0.4 is 14.8 Å². The van der Waals surface area contributed by atoms with Crippen molar-refractivity contribution < 1.29 is 33.4 Å². The van der Waals surface area contributed by atoms with Gasteiger partial charge in [-0.15, -0.1) is 0 Å². The van der Waals surface area contributed by atoms with E-state index >= 15 is 0 Å². The predicted octanol–water partition coefficient (Wildman–Crippen LogP) is 2.10. The van der Waals surface area contributed by atoms with Crippen molar-refractivity contribution in [2.45, 2.75) is 13.8 Å². The van der Waals surface area contributed by atoms with Crippen LogP contribution in [0.4, 0.5) is 5.69 Å². The van der Waals surface area contributed by atoms with Crippen molar-refractivity contribution in [3.8, 4) is 11.5 Å². The van der Waals surface area contributed by atoms with Crippen LogP contribution in [-0.4, -0.2) is 62.0 Å². The molecule has 0 saturated carbocycles. The number of hydrogen-bond donors (Lipinski definition) is 1. The summed E-state index contributed by atoms with van der Waals surface area (Å²) in [6.07, 6.45) is 0. The molecule has 0 unspecified atom stereocenters. The highest BCUT2D eigenvalue weighted by Gasteiger charge is 2.16. The molecule has 0 aliphatic carbocycles. The van der Waals surface area contributed by atoms with Gasteiger partial charge in [-0.25, -0.2) is 4.79 Å². The first kappa shape index (κ1) is 23.6. The van der Waals surface area contributed by atoms with Gasteiger partial charge in [-0.2, -0.15) is 0 Å². The van der Waals surface area contributed by atoms with E-state index in [4.69, 9.17) is 19.0 Å². The van der Waals surface area contributed by atoms with Gasteiger partial charge >= 0.3 is 5.97 Å². The third kappa shape index (κ3) is 6.96. The Morgan fingerprint density at radius 1 is 1.06 bits per heavy atom. The molecule has 174 valence electrons. The number of ether oxygens (including phenoxy) is 3. The van der Waals surface area contributed by atoms with Crippen molar-refractivity contribution in [3.63, 3.8) is 0 Å². The highest BCUT2D eigenvalue weighted by atomic mass is 16.7. The standard InChI is InChI=1S/C23H25N3O7/c1-15-4-7-18(8-5-15)24-21(27)11-26(3)22(28)12-30-23(29)13-33-25-16(2)17-6-9-19-20(10-17)32-14-31-19/h4-10H,11-14H2,1-3H3,(H,24,27)/b25-16+. The van der Waals surface area contributed by atoms with Gasteiger partial charge in [0.15, 0.2) is 18.1 Å². The van der Waals surface area contributed by atoms with Gasteiger partial charge in [-0.3, -0.25) is 9.59 Å². The van der Waals surface area contributed by atoms with Crippen LogP contribution in [0.1, 0.15) is 18.1 Å². The maximum Gasteiger partial charge on any atom is 0.347 e. The minimum atomic E-state index is -0.761. The highest BCUT2D eigenvalue weighted by Crippen LogP contribution is 2.32. The number of carbonyl (C=O) groups excluding carboxylic acids is 3. The van der Waals surface area contributed by atoms with Crippen molar-refractivity contribution in [3.05, 3.63) is 53.6 Å². The van der Waals surface area contributed by atoms with E-state index in [9.17, 15) is 14.4 Å². The Hall–Kier alpha value is -4.08. The Labute approximate surface area is 191 Å². The molecule has 2 amide bonds. The number of oxime groups is 1. The molecule has 1 heterocycles. The first-order chi connectivity index (χ1) is 15.8. The summed E-state index contributed by atoms with van der Waals surface area (Å²) in [5, 5.41) is 6.57. The molecule has 0 saturated heterocycles. The van der Waals surface area contributed by atoms with Crippen molar-refractivity contribution in [2.24, 2.45) is 5.16 Å². The third-order valence-corrected chi connectivity index (χ3v) is 4.67. The summed E-state index contributed by atoms with van der Waals surface area (Å²) in [4.78, 5) is 42.2. The molecule has 1 aliphatic heterocycles. The zero-order valence-electron chi connectivity index (χ0n) is 18.6. The van der Waals surface area contributed by atoms with E-state index in [1.54, 1.807) is 37.3 Å². The molecule has 0 radical (unpaired) electrons. The van der Waals surface area contributed by atoms with E-state index in [2.05, 4.69) is 10.5 Å². The monoisotopic (exact) mass is 455 g/mol. The number of benzene rings is 2. The van der Waals surface area contributed by atoms with Crippen molar-refractivity contribution in [1.29, 1.82) is 0 Å². The minimum absolute atomic E-state index is 0.169. The lowest BCUT2D eigenvalue weighted by atomic mass is 10.1. The Kier molecular flexibility index (Phi) is 7.85. The Balaban J connectivity index is 1.37. The van der Waals surface area contributed by atoms with Gasteiger partial charge < -0.3 is 29.3 Å². The first-order valence-electron chi connectivity index (χ1n) is 10.1. The SMILES string of the molecule is C/C(=N\OCC(=O)OCC(=O)N(C)CC(=O)Nc1ccc(C)cc1)c1ccc2c(c1)OCO2. The molecule has 0 spiro atoms. The molecule has 10 nitrogen and oxygen atoms in total. The summed E-state index contributed by atoms with van der Waals surface area (Å²) in [6.45, 7) is 2.66. The van der Waals surface area contributed by atoms with Crippen LogP contribution in [0, 0.1) is 6.92 Å². The van der Waals surface area contributed by atoms with E-state index in [-0.39, 0.29) is 19.2 Å². The molecule has 33 heavy (non-hydrogen) atoms. The molecule has 2 aromatic carbocycles. The maximum atomic E-state index is 12.1. The van der Waals surface area contributed by atoms with Crippen LogP contribution in [-0.2, 0) is 24.0 Å². The number of aryl methyl sites for hydroxylation is 1. The highest BCUT2D eigenvalue weighted by molar-refractivity contribution is 5.99. The molecule has 0 atom stereocenters. The fourth-order valence-electron chi connectivity index (χ4n) is 2.79. The van der Waals surface area contributed by atoms with Crippen LogP contribution in [0.25, 0.3) is 0 Å². The average molecular weight is 455 g/mol. The molecular weight excluding hydrogens is 430 g/mol. The van der Waals surface area contributed by atoms with Crippen molar-refractivity contribution in [2.75, 3.05) is 38.9 Å². The number of carbonyl (C=O) groups is 3. The molecule has 2 aromatic rings. The second-order valence-corrected chi connectivity index (χ2v) is 7.34. The number of amides is 2. The average Bonchev–Trinajstić information content (AvgIpc) is 3.26. The summed E-state index contributed by atoms with van der Waals surface area (Å²) >= 11 is 0. The lowest BCUT2D eigenvalue weighted by molar-refractivity contribution is -0.155. The van der Waals surface area contributed by atoms with Crippen LogP contribution in [0.5, 0.6) is 11.5 Å². The van der Waals surface area contributed by atoms with Crippen LogP contribution in [0.3, 0.4) is 0 Å². The molecule has 0 aromatic heterocycles. The van der Waals surface area contributed by atoms with Gasteiger partial charge in [0.25, 0.3) is 5.91 Å². The predicted molar refractivity (Wildman–Crippen MR) is 119 cm³/mol. The largest absolute Gasteiger partial charge is 0.454 e. The third-order valence-electron chi connectivity index (χ3n) is 4.67. The van der Waals surface area contributed by atoms with Gasteiger partial charge in [-0.1, -0.05) is 22.9 Å². The molecule has 0 fully saturated rings. The van der Waals surface area contributed by atoms with E-state index in [0.717, 1.165) is 11.1 Å². The summed E-state index contributed by atoms with van der Waals surface area (Å²) in [5.74, 6) is -0.391. The number of nitrogens with one attached hydrogen (secondary N) is 1. The van der Waals surface area contributed by atoms with Crippen LogP contribution in [0.2, 0.25) is 0 Å². The lowest BCUT2D eigenvalue weighted by Gasteiger charge is -2.16. The second-order valence-electron chi connectivity index (χ2n) is 7.34. The number of fused-ring (bicyclic) bond motifs is 1. The van der Waals surface area contributed by atoms with Crippen molar-refractivity contribution >= 4 is 29.2 Å². The maximum absolute atomic E-state index is 12.1. The van der Waals surface area contributed by atoms with Crippen LogP contribution in [0.15, 0.2) is 47.6 Å². The van der Waals surface area contributed by atoms with Crippen LogP contribution >= 0.6 is 0 Å². The van der Waals surface area contributed by atoms with Gasteiger partial charge in [0.05, 0.1) is 12.3 Å². The van der Waals surface area contributed by atoms with Crippen molar-refractivity contribution in [1.82, 2.24) is 4.90 Å². The Morgan fingerprint density at radius 2 is 1.79 bits per heavy atom. The summed E-state index contributed by atoms with van der Waals surface area (Å²) < 4.78 is 15.5. The molecular formula is C23H25N3O7. The first-order valence-corrected chi connectivity index (χ1v) is 10.1. The number of nitrogens with zero attached hydrogens (tertiary/aromatic N) is 2. The summed E-state index contributed by atoms with van der Waals surface area (Å²) in [5.41, 5.74) is 2.97. The van der Waals surface area contributed by atoms with Gasteiger partial charge in [0.1, 0.15) is 0 Å².